The molecule has 2 atom stereocenters. The van der Waals surface area contributed by atoms with Crippen LogP contribution in [0.5, 0.6) is 0 Å². The summed E-state index contributed by atoms with van der Waals surface area (Å²) >= 11 is 0. The maximum atomic E-state index is 12.3. The van der Waals surface area contributed by atoms with Crippen LogP contribution < -0.4 is 10.6 Å². The second-order valence-corrected chi connectivity index (χ2v) is 6.85. The Morgan fingerprint density at radius 3 is 2.71 bits per heavy atom. The van der Waals surface area contributed by atoms with Gasteiger partial charge in [0, 0.05) is 12.1 Å². The van der Waals surface area contributed by atoms with Gasteiger partial charge in [-0.3, -0.25) is 9.69 Å². The zero-order valence-electron chi connectivity index (χ0n) is 13.9. The van der Waals surface area contributed by atoms with Crippen LogP contribution in [0.3, 0.4) is 0 Å². The largest absolute Gasteiger partial charge is 0.353 e. The number of hydrogen-bond acceptors (Lipinski definition) is 3. The molecule has 2 heterocycles. The molecule has 0 saturated carbocycles. The quantitative estimate of drug-likeness (QED) is 0.817. The topological polar surface area (TPSA) is 44.4 Å². The second-order valence-electron chi connectivity index (χ2n) is 6.85. The van der Waals surface area contributed by atoms with Crippen molar-refractivity contribution in [3.63, 3.8) is 0 Å². The fourth-order valence-electron chi connectivity index (χ4n) is 3.76. The maximum absolute atomic E-state index is 12.3. The number of carbonyl (C=O) groups excluding carboxylic acids is 1. The first-order valence-corrected chi connectivity index (χ1v) is 8.94. The van der Waals surface area contributed by atoms with Crippen LogP contribution in [-0.2, 0) is 4.79 Å². The van der Waals surface area contributed by atoms with Crippen molar-refractivity contribution >= 4 is 5.91 Å². The fraction of sp³-hybridized carbons (Fsp3) is 0.941. The van der Waals surface area contributed by atoms with E-state index in [4.69, 9.17) is 0 Å². The summed E-state index contributed by atoms with van der Waals surface area (Å²) < 4.78 is 0. The summed E-state index contributed by atoms with van der Waals surface area (Å²) in [7, 11) is 0. The summed E-state index contributed by atoms with van der Waals surface area (Å²) in [5.74, 6) is 0.992. The van der Waals surface area contributed by atoms with E-state index < -0.39 is 0 Å². The predicted octanol–water partition coefficient (Wildman–Crippen LogP) is 2.15. The SMILES string of the molecule is CCC(C)NC(=O)CN1CCCCCC1C1CCNCC1. The van der Waals surface area contributed by atoms with Crippen LogP contribution in [0.1, 0.15) is 58.8 Å². The third-order valence-electron chi connectivity index (χ3n) is 5.21. The lowest BCUT2D eigenvalue weighted by Gasteiger charge is -2.37. The summed E-state index contributed by atoms with van der Waals surface area (Å²) in [6.07, 6.45) is 8.73. The highest BCUT2D eigenvalue weighted by Crippen LogP contribution is 2.28. The number of carbonyl (C=O) groups is 1. The molecule has 1 amide bonds. The van der Waals surface area contributed by atoms with E-state index in [0.29, 0.717) is 18.6 Å². The van der Waals surface area contributed by atoms with E-state index in [9.17, 15) is 4.79 Å². The van der Waals surface area contributed by atoms with Crippen LogP contribution in [0, 0.1) is 5.92 Å². The van der Waals surface area contributed by atoms with E-state index in [-0.39, 0.29) is 5.91 Å². The predicted molar refractivity (Wildman–Crippen MR) is 87.3 cm³/mol. The van der Waals surface area contributed by atoms with Gasteiger partial charge in [-0.05, 0) is 64.6 Å². The van der Waals surface area contributed by atoms with Gasteiger partial charge in [-0.1, -0.05) is 19.8 Å². The van der Waals surface area contributed by atoms with Crippen molar-refractivity contribution in [3.8, 4) is 0 Å². The summed E-state index contributed by atoms with van der Waals surface area (Å²) in [6, 6.07) is 0.916. The molecule has 2 aliphatic rings. The van der Waals surface area contributed by atoms with Gasteiger partial charge in [-0.2, -0.15) is 0 Å². The molecule has 2 fully saturated rings. The highest BCUT2D eigenvalue weighted by Gasteiger charge is 2.30. The lowest BCUT2D eigenvalue weighted by atomic mass is 9.87. The molecule has 122 valence electrons. The normalized spacial score (nSPS) is 27.0. The first-order valence-electron chi connectivity index (χ1n) is 8.94. The van der Waals surface area contributed by atoms with E-state index in [1.807, 2.05) is 0 Å². The van der Waals surface area contributed by atoms with E-state index in [0.717, 1.165) is 32.0 Å². The number of likely N-dealkylation sites (tertiary alicyclic amines) is 1. The zero-order valence-corrected chi connectivity index (χ0v) is 13.9. The standard InChI is InChI=1S/C17H33N3O/c1-3-14(2)19-17(21)13-20-12-6-4-5-7-16(20)15-8-10-18-11-9-15/h14-16,18H,3-13H2,1-2H3,(H,19,21). The van der Waals surface area contributed by atoms with Crippen LogP contribution in [0.4, 0.5) is 0 Å². The Bertz CT molecular complexity index is 315. The second kappa shape index (κ2) is 8.74. The highest BCUT2D eigenvalue weighted by atomic mass is 16.2. The molecule has 0 bridgehead atoms. The molecular weight excluding hydrogens is 262 g/mol. The molecule has 2 unspecified atom stereocenters. The lowest BCUT2D eigenvalue weighted by molar-refractivity contribution is -0.123. The minimum atomic E-state index is 0.213. The van der Waals surface area contributed by atoms with E-state index in [2.05, 4.69) is 29.4 Å². The molecule has 2 N–H and O–H groups in total. The van der Waals surface area contributed by atoms with Gasteiger partial charge in [-0.25, -0.2) is 0 Å². The van der Waals surface area contributed by atoms with Gasteiger partial charge in [0.15, 0.2) is 0 Å². The molecule has 4 nitrogen and oxygen atoms in total. The number of hydrogen-bond donors (Lipinski definition) is 2. The molecule has 2 rings (SSSR count). The molecule has 0 radical (unpaired) electrons. The van der Waals surface area contributed by atoms with E-state index in [1.165, 1.54) is 38.5 Å². The molecular formula is C17H33N3O. The number of amides is 1. The van der Waals surface area contributed by atoms with Crippen LogP contribution >= 0.6 is 0 Å². The molecule has 0 aromatic heterocycles. The van der Waals surface area contributed by atoms with Crippen molar-refractivity contribution in [2.75, 3.05) is 26.2 Å². The number of nitrogens with zero attached hydrogens (tertiary/aromatic N) is 1. The first kappa shape index (κ1) is 16.8. The van der Waals surface area contributed by atoms with Crippen molar-refractivity contribution < 1.29 is 4.79 Å². The zero-order chi connectivity index (χ0) is 15.1. The first-order chi connectivity index (χ1) is 10.2. The minimum absolute atomic E-state index is 0.213. The molecule has 2 saturated heterocycles. The van der Waals surface area contributed by atoms with Crippen LogP contribution in [0.2, 0.25) is 0 Å². The monoisotopic (exact) mass is 295 g/mol. The molecule has 21 heavy (non-hydrogen) atoms. The molecule has 4 heteroatoms. The van der Waals surface area contributed by atoms with Crippen molar-refractivity contribution in [3.05, 3.63) is 0 Å². The van der Waals surface area contributed by atoms with Gasteiger partial charge in [0.25, 0.3) is 0 Å². The number of piperidine rings is 1. The fourth-order valence-corrected chi connectivity index (χ4v) is 3.76. The summed E-state index contributed by atoms with van der Waals surface area (Å²) in [4.78, 5) is 14.7. The van der Waals surface area contributed by atoms with Gasteiger partial charge in [-0.15, -0.1) is 0 Å². The summed E-state index contributed by atoms with van der Waals surface area (Å²) in [5, 5.41) is 6.59. The number of rotatable bonds is 5. The lowest BCUT2D eigenvalue weighted by Crippen LogP contribution is -2.49. The van der Waals surface area contributed by atoms with Crippen LogP contribution in [0.15, 0.2) is 0 Å². The Balaban J connectivity index is 1.93. The average molecular weight is 295 g/mol. The van der Waals surface area contributed by atoms with Crippen molar-refractivity contribution in [2.45, 2.75) is 70.9 Å². The average Bonchev–Trinajstić information content (AvgIpc) is 2.73. The van der Waals surface area contributed by atoms with E-state index >= 15 is 0 Å². The van der Waals surface area contributed by atoms with Crippen molar-refractivity contribution in [1.29, 1.82) is 0 Å². The maximum Gasteiger partial charge on any atom is 0.234 e. The Kier molecular flexibility index (Phi) is 6.97. The highest BCUT2D eigenvalue weighted by molar-refractivity contribution is 5.78. The molecule has 2 aliphatic heterocycles. The number of nitrogens with one attached hydrogen (secondary N) is 2. The van der Waals surface area contributed by atoms with Gasteiger partial charge in [0.05, 0.1) is 6.54 Å². The van der Waals surface area contributed by atoms with Gasteiger partial charge >= 0.3 is 0 Å². The third kappa shape index (κ3) is 5.26. The molecule has 0 aliphatic carbocycles. The summed E-state index contributed by atoms with van der Waals surface area (Å²) in [6.45, 7) is 8.20. The molecule has 0 spiro atoms. The Hall–Kier alpha value is -0.610. The van der Waals surface area contributed by atoms with Crippen LogP contribution in [0.25, 0.3) is 0 Å². The van der Waals surface area contributed by atoms with Gasteiger partial charge in [0.1, 0.15) is 0 Å². The Morgan fingerprint density at radius 2 is 2.00 bits per heavy atom. The third-order valence-corrected chi connectivity index (χ3v) is 5.21. The smallest absolute Gasteiger partial charge is 0.234 e. The molecule has 0 aromatic carbocycles. The summed E-state index contributed by atoms with van der Waals surface area (Å²) in [5.41, 5.74) is 0. The Morgan fingerprint density at radius 1 is 1.24 bits per heavy atom. The molecule has 0 aromatic rings. The van der Waals surface area contributed by atoms with E-state index in [1.54, 1.807) is 0 Å². The minimum Gasteiger partial charge on any atom is -0.353 e. The van der Waals surface area contributed by atoms with Crippen molar-refractivity contribution in [2.24, 2.45) is 5.92 Å². The Labute approximate surface area is 130 Å². The van der Waals surface area contributed by atoms with Crippen LogP contribution in [-0.4, -0.2) is 49.1 Å². The van der Waals surface area contributed by atoms with Gasteiger partial charge < -0.3 is 10.6 Å². The van der Waals surface area contributed by atoms with Crippen molar-refractivity contribution in [1.82, 2.24) is 15.5 Å². The van der Waals surface area contributed by atoms with Gasteiger partial charge in [0.2, 0.25) is 5.91 Å².